The van der Waals surface area contributed by atoms with Gasteiger partial charge in [0, 0.05) is 3.57 Å². The van der Waals surface area contributed by atoms with Crippen LogP contribution in [0.25, 0.3) is 0 Å². The summed E-state index contributed by atoms with van der Waals surface area (Å²) in [6.07, 6.45) is -2.86. The molecule has 1 aromatic heterocycles. The topological polar surface area (TPSA) is 39.2 Å². The van der Waals surface area contributed by atoms with Crippen LogP contribution in [0.3, 0.4) is 0 Å². The molecule has 1 aromatic rings. The highest BCUT2D eigenvalue weighted by Crippen LogP contribution is 2.28. The lowest BCUT2D eigenvalue weighted by Gasteiger charge is -2.10. The zero-order valence-corrected chi connectivity index (χ0v) is 13.2. The Balaban J connectivity index is 3.08. The molecule has 0 aliphatic rings. The third kappa shape index (κ3) is 4.27. The van der Waals surface area contributed by atoms with Crippen molar-refractivity contribution in [3.05, 3.63) is 24.6 Å². The van der Waals surface area contributed by atoms with Gasteiger partial charge in [-0.3, -0.25) is 4.79 Å². The van der Waals surface area contributed by atoms with Crippen molar-refractivity contribution < 1.29 is 18.3 Å². The molecule has 94 valence electrons. The minimum absolute atomic E-state index is 0.0924. The van der Waals surface area contributed by atoms with Gasteiger partial charge in [-0.2, -0.15) is 0 Å². The fourth-order valence-corrected chi connectivity index (χ4v) is 3.30. The van der Waals surface area contributed by atoms with E-state index in [-0.39, 0.29) is 24.3 Å². The number of hydrogen-bond acceptors (Lipinski definition) is 3. The largest absolute Gasteiger partial charge is 0.466 e. The van der Waals surface area contributed by atoms with Gasteiger partial charge in [-0.05, 0) is 58.2 Å². The van der Waals surface area contributed by atoms with Gasteiger partial charge in [0.15, 0.2) is 0 Å². The first-order valence-electron chi connectivity index (χ1n) is 4.74. The van der Waals surface area contributed by atoms with Crippen molar-refractivity contribution in [1.29, 1.82) is 0 Å². The van der Waals surface area contributed by atoms with E-state index in [1.165, 1.54) is 0 Å². The van der Waals surface area contributed by atoms with Crippen LogP contribution in [-0.2, 0) is 16.0 Å². The summed E-state index contributed by atoms with van der Waals surface area (Å²) in [5.41, 5.74) is -0.0891. The average Bonchev–Trinajstić information content (AvgIpc) is 2.15. The number of aromatic nitrogens is 1. The Hall–Kier alpha value is -0.0600. The highest BCUT2D eigenvalue weighted by atomic mass is 127. The summed E-state index contributed by atoms with van der Waals surface area (Å²) in [5, 5.41) is 0. The Kier molecular flexibility index (Phi) is 5.97. The van der Waals surface area contributed by atoms with Crippen LogP contribution in [0.5, 0.6) is 0 Å². The maximum atomic E-state index is 12.9. The normalized spacial score (nSPS) is 10.7. The van der Waals surface area contributed by atoms with Crippen LogP contribution in [0, 0.1) is 7.27 Å². The molecule has 0 N–H and O–H groups in total. The number of hydrogen-bond donors (Lipinski definition) is 0. The van der Waals surface area contributed by atoms with Gasteiger partial charge < -0.3 is 4.74 Å². The van der Waals surface area contributed by atoms with Crippen LogP contribution in [-0.4, -0.2) is 17.6 Å². The van der Waals surface area contributed by atoms with Gasteiger partial charge in [-0.1, -0.05) is 0 Å². The molecule has 0 saturated heterocycles. The Labute approximate surface area is 125 Å². The standard InChI is InChI=1S/C10H9F2I2NO2/c1-2-17-8(16)4-6-9(10(11)12)5(13)3-7(14)15-6/h3,10H,2,4H2,1H3. The van der Waals surface area contributed by atoms with E-state index in [4.69, 9.17) is 4.74 Å². The van der Waals surface area contributed by atoms with E-state index in [2.05, 4.69) is 4.98 Å². The number of carbonyl (C=O) groups is 1. The van der Waals surface area contributed by atoms with Crippen molar-refractivity contribution in [3.63, 3.8) is 0 Å². The van der Waals surface area contributed by atoms with Crippen LogP contribution in [0.15, 0.2) is 6.07 Å². The maximum absolute atomic E-state index is 12.9. The molecule has 0 spiro atoms. The van der Waals surface area contributed by atoms with Crippen LogP contribution >= 0.6 is 45.2 Å². The van der Waals surface area contributed by atoms with Gasteiger partial charge in [-0.25, -0.2) is 13.8 Å². The minimum Gasteiger partial charge on any atom is -0.466 e. The van der Waals surface area contributed by atoms with E-state index >= 15 is 0 Å². The number of ether oxygens (including phenoxy) is 1. The van der Waals surface area contributed by atoms with Crippen LogP contribution < -0.4 is 0 Å². The summed E-state index contributed by atoms with van der Waals surface area (Å²) in [4.78, 5) is 15.3. The van der Waals surface area contributed by atoms with Gasteiger partial charge in [0.05, 0.1) is 24.3 Å². The van der Waals surface area contributed by atoms with Crippen molar-refractivity contribution in [1.82, 2.24) is 4.98 Å². The molecule has 0 unspecified atom stereocenters. The second kappa shape index (κ2) is 6.76. The Morgan fingerprint density at radius 2 is 2.18 bits per heavy atom. The molecule has 1 heterocycles. The SMILES string of the molecule is CCOC(=O)Cc1nc(I)cc(I)c1C(F)F. The van der Waals surface area contributed by atoms with Crippen molar-refractivity contribution in [2.24, 2.45) is 0 Å². The molecular weight excluding hydrogens is 458 g/mol. The van der Waals surface area contributed by atoms with Crippen LogP contribution in [0.2, 0.25) is 0 Å². The first-order chi connectivity index (χ1) is 7.95. The first kappa shape index (κ1) is 15.0. The lowest BCUT2D eigenvalue weighted by molar-refractivity contribution is -0.142. The summed E-state index contributed by atoms with van der Waals surface area (Å²) in [7, 11) is 0. The summed E-state index contributed by atoms with van der Waals surface area (Å²) in [6, 6.07) is 1.55. The molecule has 1 rings (SSSR count). The molecular formula is C10H9F2I2NO2. The molecule has 0 fully saturated rings. The molecule has 0 saturated carbocycles. The quantitative estimate of drug-likeness (QED) is 0.388. The van der Waals surface area contributed by atoms with E-state index < -0.39 is 12.4 Å². The number of esters is 1. The molecule has 3 nitrogen and oxygen atoms in total. The summed E-state index contributed by atoms with van der Waals surface area (Å²) >= 11 is 3.74. The summed E-state index contributed by atoms with van der Waals surface area (Å²) in [5.74, 6) is -0.542. The van der Waals surface area contributed by atoms with E-state index in [0.29, 0.717) is 7.27 Å². The van der Waals surface area contributed by atoms with Gasteiger partial charge in [0.1, 0.15) is 3.70 Å². The number of carbonyl (C=O) groups excluding carboxylic acids is 1. The highest BCUT2D eigenvalue weighted by Gasteiger charge is 2.21. The first-order valence-corrected chi connectivity index (χ1v) is 6.90. The molecule has 0 aliphatic heterocycles. The van der Waals surface area contributed by atoms with E-state index in [9.17, 15) is 13.6 Å². The van der Waals surface area contributed by atoms with Gasteiger partial charge in [0.2, 0.25) is 0 Å². The zero-order valence-electron chi connectivity index (χ0n) is 8.84. The monoisotopic (exact) mass is 467 g/mol. The average molecular weight is 467 g/mol. The molecule has 0 aliphatic carbocycles. The molecule has 7 heteroatoms. The van der Waals surface area contributed by atoms with Gasteiger partial charge in [-0.15, -0.1) is 0 Å². The van der Waals surface area contributed by atoms with Crippen molar-refractivity contribution in [3.8, 4) is 0 Å². The molecule has 0 radical (unpaired) electrons. The van der Waals surface area contributed by atoms with Gasteiger partial charge in [0.25, 0.3) is 6.43 Å². The molecule has 0 bridgehead atoms. The van der Waals surface area contributed by atoms with Crippen LogP contribution in [0.4, 0.5) is 8.78 Å². The predicted molar refractivity (Wildman–Crippen MR) is 75.0 cm³/mol. The lowest BCUT2D eigenvalue weighted by atomic mass is 10.1. The summed E-state index contributed by atoms with van der Waals surface area (Å²) in [6.45, 7) is 1.89. The fraction of sp³-hybridized carbons (Fsp3) is 0.400. The second-order valence-electron chi connectivity index (χ2n) is 3.07. The number of nitrogens with zero attached hydrogens (tertiary/aromatic N) is 1. The third-order valence-electron chi connectivity index (χ3n) is 1.89. The van der Waals surface area contributed by atoms with Crippen LogP contribution in [0.1, 0.15) is 24.6 Å². The van der Waals surface area contributed by atoms with E-state index in [1.54, 1.807) is 13.0 Å². The number of halogens is 4. The minimum atomic E-state index is -2.64. The highest BCUT2D eigenvalue weighted by molar-refractivity contribution is 14.1. The summed E-state index contributed by atoms with van der Waals surface area (Å²) < 4.78 is 31.4. The molecule has 17 heavy (non-hydrogen) atoms. The molecule has 0 aromatic carbocycles. The van der Waals surface area contributed by atoms with Crippen molar-refractivity contribution in [2.45, 2.75) is 19.8 Å². The second-order valence-corrected chi connectivity index (χ2v) is 5.34. The Bertz CT molecular complexity index is 427. The Morgan fingerprint density at radius 1 is 1.53 bits per heavy atom. The van der Waals surface area contributed by atoms with Crippen molar-refractivity contribution in [2.75, 3.05) is 6.61 Å². The zero-order chi connectivity index (χ0) is 13.0. The fourth-order valence-electron chi connectivity index (χ4n) is 1.26. The number of alkyl halides is 2. The van der Waals surface area contributed by atoms with E-state index in [1.807, 2.05) is 45.2 Å². The smallest absolute Gasteiger partial charge is 0.311 e. The van der Waals surface area contributed by atoms with Crippen molar-refractivity contribution >= 4 is 51.2 Å². The maximum Gasteiger partial charge on any atom is 0.311 e. The number of rotatable bonds is 4. The lowest BCUT2D eigenvalue weighted by Crippen LogP contribution is -2.12. The molecule has 0 atom stereocenters. The van der Waals surface area contributed by atoms with Gasteiger partial charge >= 0.3 is 5.97 Å². The predicted octanol–water partition coefficient (Wildman–Crippen LogP) is 3.33. The van der Waals surface area contributed by atoms with E-state index in [0.717, 1.165) is 0 Å². The number of pyridine rings is 1. The third-order valence-corrected chi connectivity index (χ3v) is 3.34. The molecule has 0 amide bonds. The Morgan fingerprint density at radius 3 is 2.71 bits per heavy atom.